The summed E-state index contributed by atoms with van der Waals surface area (Å²) < 4.78 is 7.59. The van der Waals surface area contributed by atoms with E-state index in [-0.39, 0.29) is 0 Å². The smallest absolute Gasteiger partial charge is 0.119 e. The lowest BCUT2D eigenvalue weighted by molar-refractivity contribution is 0.298. The van der Waals surface area contributed by atoms with E-state index in [1.807, 2.05) is 35.0 Å². The highest BCUT2D eigenvalue weighted by Crippen LogP contribution is 2.11. The van der Waals surface area contributed by atoms with Crippen LogP contribution in [-0.4, -0.2) is 22.7 Å². The molecule has 0 amide bonds. The summed E-state index contributed by atoms with van der Waals surface area (Å²) in [6.45, 7) is 1.78. The lowest BCUT2D eigenvalue weighted by Crippen LogP contribution is -2.06. The zero-order chi connectivity index (χ0) is 12.6. The maximum Gasteiger partial charge on any atom is 0.119 e. The molecule has 0 atom stereocenters. The molecule has 0 unspecified atom stereocenters. The van der Waals surface area contributed by atoms with Gasteiger partial charge in [-0.1, -0.05) is 11.8 Å². The summed E-state index contributed by atoms with van der Waals surface area (Å²) in [5.74, 6) is 6.62. The Hall–Kier alpha value is -2.25. The molecule has 0 bridgehead atoms. The van der Waals surface area contributed by atoms with Crippen LogP contribution in [0.25, 0.3) is 0 Å². The number of aromatic nitrogens is 2. The molecule has 0 saturated heterocycles. The van der Waals surface area contributed by atoms with Crippen LogP contribution in [0.4, 0.5) is 0 Å². The molecular formula is C14H15N3O. The van der Waals surface area contributed by atoms with Gasteiger partial charge in [0.2, 0.25) is 0 Å². The fourth-order valence-corrected chi connectivity index (χ4v) is 1.48. The average Bonchev–Trinajstić information content (AvgIpc) is 2.91. The lowest BCUT2D eigenvalue weighted by Gasteiger charge is -2.06. The van der Waals surface area contributed by atoms with Gasteiger partial charge in [0.05, 0.1) is 19.4 Å². The summed E-state index contributed by atoms with van der Waals surface area (Å²) in [6, 6.07) is 7.67. The molecular weight excluding hydrogens is 226 g/mol. The van der Waals surface area contributed by atoms with Crippen molar-refractivity contribution in [2.24, 2.45) is 5.73 Å². The van der Waals surface area contributed by atoms with Crippen LogP contribution in [-0.2, 0) is 6.54 Å². The summed E-state index contributed by atoms with van der Waals surface area (Å²) in [4.78, 5) is 3.97. The van der Waals surface area contributed by atoms with E-state index in [0.717, 1.165) is 17.9 Å². The second-order valence-electron chi connectivity index (χ2n) is 3.68. The molecule has 2 rings (SSSR count). The number of benzene rings is 1. The summed E-state index contributed by atoms with van der Waals surface area (Å²) >= 11 is 0. The van der Waals surface area contributed by atoms with Gasteiger partial charge in [-0.3, -0.25) is 0 Å². The van der Waals surface area contributed by atoms with Crippen LogP contribution >= 0.6 is 0 Å². The predicted molar refractivity (Wildman–Crippen MR) is 70.1 cm³/mol. The molecule has 0 aliphatic carbocycles. The number of hydrogen-bond acceptors (Lipinski definition) is 3. The minimum absolute atomic E-state index is 0.378. The van der Waals surface area contributed by atoms with Crippen LogP contribution in [0.15, 0.2) is 43.0 Å². The molecule has 1 heterocycles. The van der Waals surface area contributed by atoms with Crippen LogP contribution < -0.4 is 10.5 Å². The van der Waals surface area contributed by atoms with Crippen molar-refractivity contribution < 1.29 is 4.74 Å². The third-order valence-corrected chi connectivity index (χ3v) is 2.37. The molecule has 2 N–H and O–H groups in total. The van der Waals surface area contributed by atoms with E-state index in [2.05, 4.69) is 16.8 Å². The first-order chi connectivity index (χ1) is 8.88. The maximum absolute atomic E-state index is 5.62. The first kappa shape index (κ1) is 12.2. The van der Waals surface area contributed by atoms with E-state index >= 15 is 0 Å². The Morgan fingerprint density at radius 1 is 1.28 bits per heavy atom. The van der Waals surface area contributed by atoms with Gasteiger partial charge in [-0.05, 0) is 24.3 Å². The molecule has 18 heavy (non-hydrogen) atoms. The van der Waals surface area contributed by atoms with E-state index in [4.69, 9.17) is 10.5 Å². The molecule has 1 aromatic heterocycles. The second kappa shape index (κ2) is 6.48. The molecule has 0 saturated carbocycles. The Morgan fingerprint density at radius 3 is 2.78 bits per heavy atom. The van der Waals surface area contributed by atoms with E-state index in [1.54, 1.807) is 12.5 Å². The molecule has 0 aliphatic heterocycles. The highest BCUT2D eigenvalue weighted by atomic mass is 16.5. The van der Waals surface area contributed by atoms with E-state index in [0.29, 0.717) is 13.2 Å². The molecule has 1 aromatic carbocycles. The van der Waals surface area contributed by atoms with Crippen molar-refractivity contribution >= 4 is 0 Å². The van der Waals surface area contributed by atoms with Crippen molar-refractivity contribution in [3.63, 3.8) is 0 Å². The second-order valence-corrected chi connectivity index (χ2v) is 3.68. The Labute approximate surface area is 106 Å². The van der Waals surface area contributed by atoms with Crippen LogP contribution in [0.2, 0.25) is 0 Å². The third kappa shape index (κ3) is 3.65. The summed E-state index contributed by atoms with van der Waals surface area (Å²) in [5.41, 5.74) is 6.26. The Morgan fingerprint density at radius 2 is 2.11 bits per heavy atom. The molecule has 0 aliphatic rings. The van der Waals surface area contributed by atoms with Gasteiger partial charge in [-0.25, -0.2) is 4.98 Å². The minimum Gasteiger partial charge on any atom is -0.492 e. The Bertz CT molecular complexity index is 520. The summed E-state index contributed by atoms with van der Waals surface area (Å²) in [5, 5.41) is 0. The minimum atomic E-state index is 0.378. The number of nitrogens with zero attached hydrogens (tertiary/aromatic N) is 2. The number of hydrogen-bond donors (Lipinski definition) is 1. The van der Waals surface area contributed by atoms with Gasteiger partial charge in [-0.15, -0.1) is 0 Å². The number of nitrogens with two attached hydrogens (primary N) is 1. The van der Waals surface area contributed by atoms with Crippen molar-refractivity contribution in [3.8, 4) is 17.6 Å². The van der Waals surface area contributed by atoms with Gasteiger partial charge in [0, 0.05) is 18.0 Å². The topological polar surface area (TPSA) is 53.1 Å². The van der Waals surface area contributed by atoms with E-state index < -0.39 is 0 Å². The standard InChI is InChI=1S/C14H15N3O/c15-7-1-2-13-3-5-14(6-4-13)18-11-10-17-9-8-16-12-17/h3-6,8-9,12H,7,10-11,15H2. The van der Waals surface area contributed by atoms with Crippen LogP contribution in [0.3, 0.4) is 0 Å². The van der Waals surface area contributed by atoms with Crippen molar-refractivity contribution in [2.75, 3.05) is 13.2 Å². The molecule has 4 nitrogen and oxygen atoms in total. The quantitative estimate of drug-likeness (QED) is 0.820. The molecule has 2 aromatic rings. The largest absolute Gasteiger partial charge is 0.492 e. The monoisotopic (exact) mass is 241 g/mol. The highest BCUT2D eigenvalue weighted by molar-refractivity contribution is 5.38. The fraction of sp³-hybridized carbons (Fsp3) is 0.214. The van der Waals surface area contributed by atoms with Gasteiger partial charge in [0.15, 0.2) is 0 Å². The predicted octanol–water partition coefficient (Wildman–Crippen LogP) is 1.27. The SMILES string of the molecule is NCC#Cc1ccc(OCCn2ccnc2)cc1. The molecule has 0 fully saturated rings. The summed E-state index contributed by atoms with van der Waals surface area (Å²) in [6.07, 6.45) is 5.44. The average molecular weight is 241 g/mol. The lowest BCUT2D eigenvalue weighted by atomic mass is 10.2. The molecule has 92 valence electrons. The van der Waals surface area contributed by atoms with Crippen LogP contribution in [0.5, 0.6) is 5.75 Å². The van der Waals surface area contributed by atoms with Crippen molar-refractivity contribution in [1.29, 1.82) is 0 Å². The normalized spacial score (nSPS) is 9.61. The van der Waals surface area contributed by atoms with Crippen molar-refractivity contribution in [3.05, 3.63) is 48.5 Å². The van der Waals surface area contributed by atoms with Gasteiger partial charge in [0.25, 0.3) is 0 Å². The fourth-order valence-electron chi connectivity index (χ4n) is 1.48. The number of rotatable bonds is 4. The third-order valence-electron chi connectivity index (χ3n) is 2.37. The molecule has 4 heteroatoms. The van der Waals surface area contributed by atoms with Crippen molar-refractivity contribution in [1.82, 2.24) is 9.55 Å². The number of ether oxygens (including phenoxy) is 1. The zero-order valence-electron chi connectivity index (χ0n) is 10.0. The van der Waals surface area contributed by atoms with E-state index in [9.17, 15) is 0 Å². The number of imidazole rings is 1. The Kier molecular flexibility index (Phi) is 4.39. The van der Waals surface area contributed by atoms with Crippen LogP contribution in [0, 0.1) is 11.8 Å². The van der Waals surface area contributed by atoms with Gasteiger partial charge in [0.1, 0.15) is 12.4 Å². The molecule has 0 spiro atoms. The van der Waals surface area contributed by atoms with Gasteiger partial charge < -0.3 is 15.0 Å². The van der Waals surface area contributed by atoms with Crippen LogP contribution in [0.1, 0.15) is 5.56 Å². The van der Waals surface area contributed by atoms with Gasteiger partial charge >= 0.3 is 0 Å². The van der Waals surface area contributed by atoms with Gasteiger partial charge in [-0.2, -0.15) is 0 Å². The van der Waals surface area contributed by atoms with E-state index in [1.165, 1.54) is 0 Å². The first-order valence-corrected chi connectivity index (χ1v) is 5.76. The Balaban J connectivity index is 1.83. The molecule has 0 radical (unpaired) electrons. The van der Waals surface area contributed by atoms with Crippen molar-refractivity contribution in [2.45, 2.75) is 6.54 Å². The zero-order valence-corrected chi connectivity index (χ0v) is 10.0. The highest BCUT2D eigenvalue weighted by Gasteiger charge is 1.94. The maximum atomic E-state index is 5.62. The summed E-state index contributed by atoms with van der Waals surface area (Å²) in [7, 11) is 0. The first-order valence-electron chi connectivity index (χ1n) is 5.76.